The molecular formula is C23H30N2O3S. The molecule has 1 aliphatic heterocycles. The molecule has 1 aromatic carbocycles. The van der Waals surface area contributed by atoms with Crippen LogP contribution in [0.1, 0.15) is 62.0 Å². The normalized spacial score (nSPS) is 16.9. The van der Waals surface area contributed by atoms with Crippen LogP contribution >= 0.6 is 12.2 Å². The average molecular weight is 415 g/mol. The molecule has 2 aromatic rings. The molecule has 0 saturated heterocycles. The predicted molar refractivity (Wildman–Crippen MR) is 117 cm³/mol. The average Bonchev–Trinajstić information content (AvgIpc) is 3.31. The summed E-state index contributed by atoms with van der Waals surface area (Å²) in [6.07, 6.45) is 8.97. The number of fused-ring (bicyclic) bond motifs is 1. The Kier molecular flexibility index (Phi) is 6.60. The summed E-state index contributed by atoms with van der Waals surface area (Å²) in [6, 6.07) is 10.6. The number of hydrogen-bond acceptors (Lipinski definition) is 4. The molecule has 1 fully saturated rings. The maximum atomic E-state index is 5.86. The number of aryl methyl sites for hydroxylation is 1. The van der Waals surface area contributed by atoms with Gasteiger partial charge in [0.05, 0.1) is 6.54 Å². The van der Waals surface area contributed by atoms with E-state index in [2.05, 4.69) is 16.3 Å². The van der Waals surface area contributed by atoms with Gasteiger partial charge in [0.1, 0.15) is 11.5 Å². The number of nitrogens with one attached hydrogen (secondary N) is 1. The van der Waals surface area contributed by atoms with Crippen molar-refractivity contribution in [1.29, 1.82) is 0 Å². The molecule has 0 amide bonds. The Morgan fingerprint density at radius 3 is 2.52 bits per heavy atom. The Labute approximate surface area is 178 Å². The number of furan rings is 1. The fraction of sp³-hybridized carbons (Fsp3) is 0.522. The van der Waals surface area contributed by atoms with Crippen molar-refractivity contribution in [3.8, 4) is 11.5 Å². The fourth-order valence-electron chi connectivity index (χ4n) is 4.08. The molecule has 1 saturated carbocycles. The van der Waals surface area contributed by atoms with E-state index in [1.165, 1.54) is 44.9 Å². The molecule has 1 N–H and O–H groups in total. The van der Waals surface area contributed by atoms with Crippen LogP contribution in [-0.2, 0) is 13.1 Å². The van der Waals surface area contributed by atoms with E-state index in [-0.39, 0.29) is 6.79 Å². The lowest BCUT2D eigenvalue weighted by atomic mass is 9.97. The number of ether oxygens (including phenoxy) is 2. The highest BCUT2D eigenvalue weighted by molar-refractivity contribution is 7.80. The van der Waals surface area contributed by atoms with E-state index in [1.54, 1.807) is 0 Å². The minimum absolute atomic E-state index is 0.288. The molecule has 0 radical (unpaired) electrons. The molecule has 1 aromatic heterocycles. The minimum Gasteiger partial charge on any atom is -0.464 e. The lowest BCUT2D eigenvalue weighted by molar-refractivity contribution is 0.174. The van der Waals surface area contributed by atoms with Crippen molar-refractivity contribution in [3.63, 3.8) is 0 Å². The van der Waals surface area contributed by atoms with Gasteiger partial charge in [-0.05, 0) is 61.8 Å². The van der Waals surface area contributed by atoms with Crippen LogP contribution in [0.25, 0.3) is 0 Å². The van der Waals surface area contributed by atoms with Gasteiger partial charge >= 0.3 is 0 Å². The summed E-state index contributed by atoms with van der Waals surface area (Å²) < 4.78 is 16.8. The summed E-state index contributed by atoms with van der Waals surface area (Å²) in [5.41, 5.74) is 1.14. The Hall–Kier alpha value is -2.21. The van der Waals surface area contributed by atoms with Crippen LogP contribution in [-0.4, -0.2) is 22.8 Å². The zero-order valence-corrected chi connectivity index (χ0v) is 17.9. The van der Waals surface area contributed by atoms with Crippen LogP contribution < -0.4 is 14.8 Å². The fourth-order valence-corrected chi connectivity index (χ4v) is 4.38. The van der Waals surface area contributed by atoms with Crippen LogP contribution in [0.2, 0.25) is 0 Å². The summed E-state index contributed by atoms with van der Waals surface area (Å²) in [7, 11) is 0. The van der Waals surface area contributed by atoms with E-state index < -0.39 is 0 Å². The van der Waals surface area contributed by atoms with Gasteiger partial charge in [0, 0.05) is 12.6 Å². The van der Waals surface area contributed by atoms with Crippen molar-refractivity contribution in [1.82, 2.24) is 10.2 Å². The summed E-state index contributed by atoms with van der Waals surface area (Å²) in [5, 5.41) is 4.44. The summed E-state index contributed by atoms with van der Waals surface area (Å²) >= 11 is 5.86. The van der Waals surface area contributed by atoms with Crippen LogP contribution in [0.5, 0.6) is 11.5 Å². The molecule has 6 heteroatoms. The van der Waals surface area contributed by atoms with Gasteiger partial charge in [-0.15, -0.1) is 0 Å². The van der Waals surface area contributed by atoms with Gasteiger partial charge in [0.25, 0.3) is 0 Å². The Morgan fingerprint density at radius 1 is 1.00 bits per heavy atom. The van der Waals surface area contributed by atoms with Gasteiger partial charge in [-0.2, -0.15) is 0 Å². The van der Waals surface area contributed by atoms with E-state index in [0.29, 0.717) is 19.1 Å². The third-order valence-electron chi connectivity index (χ3n) is 5.67. The smallest absolute Gasteiger partial charge is 0.231 e. The molecule has 4 rings (SSSR count). The first kappa shape index (κ1) is 20.1. The van der Waals surface area contributed by atoms with E-state index in [4.69, 9.17) is 26.1 Å². The number of hydrogen-bond donors (Lipinski definition) is 1. The van der Waals surface area contributed by atoms with Gasteiger partial charge < -0.3 is 24.1 Å². The van der Waals surface area contributed by atoms with Crippen molar-refractivity contribution in [2.75, 3.05) is 6.79 Å². The molecule has 1 aliphatic carbocycles. The second kappa shape index (κ2) is 9.53. The second-order valence-electron chi connectivity index (χ2n) is 8.05. The largest absolute Gasteiger partial charge is 0.464 e. The van der Waals surface area contributed by atoms with E-state index in [0.717, 1.165) is 33.7 Å². The Balaban J connectivity index is 1.47. The maximum absolute atomic E-state index is 5.86. The van der Waals surface area contributed by atoms with Crippen LogP contribution in [0.3, 0.4) is 0 Å². The Morgan fingerprint density at radius 2 is 1.76 bits per heavy atom. The highest BCUT2D eigenvalue weighted by Gasteiger charge is 2.20. The molecule has 5 nitrogen and oxygen atoms in total. The first-order valence-electron chi connectivity index (χ1n) is 10.7. The van der Waals surface area contributed by atoms with Gasteiger partial charge in [-0.3, -0.25) is 0 Å². The monoisotopic (exact) mass is 414 g/mol. The number of thiocarbonyl (C=S) groups is 1. The predicted octanol–water partition coefficient (Wildman–Crippen LogP) is 5.31. The zero-order valence-electron chi connectivity index (χ0n) is 17.1. The second-order valence-corrected chi connectivity index (χ2v) is 8.43. The molecule has 156 valence electrons. The third kappa shape index (κ3) is 5.44. The van der Waals surface area contributed by atoms with Crippen LogP contribution in [0.4, 0.5) is 0 Å². The topological polar surface area (TPSA) is 46.9 Å². The quantitative estimate of drug-likeness (QED) is 0.670. The zero-order chi connectivity index (χ0) is 20.1. The molecule has 0 atom stereocenters. The molecule has 29 heavy (non-hydrogen) atoms. The van der Waals surface area contributed by atoms with Gasteiger partial charge in [0.2, 0.25) is 6.79 Å². The first-order chi connectivity index (χ1) is 14.2. The first-order valence-corrected chi connectivity index (χ1v) is 11.1. The lowest BCUT2D eigenvalue weighted by Gasteiger charge is -2.29. The van der Waals surface area contributed by atoms with Crippen molar-refractivity contribution in [2.24, 2.45) is 0 Å². The van der Waals surface area contributed by atoms with Crippen LogP contribution in [0.15, 0.2) is 34.7 Å². The standard InChI is InChI=1S/C23H30N2O3S/c1-17-9-11-20(28-17)15-25(14-18-10-12-21-22(13-18)27-16-26-21)23(29)24-19-7-5-3-2-4-6-8-19/h9-13,19H,2-8,14-16H2,1H3,(H,24,29). The van der Waals surface area contributed by atoms with Crippen molar-refractivity contribution in [3.05, 3.63) is 47.4 Å². The minimum atomic E-state index is 0.288. The highest BCUT2D eigenvalue weighted by Crippen LogP contribution is 2.33. The molecule has 2 heterocycles. The molecule has 2 aliphatic rings. The third-order valence-corrected chi connectivity index (χ3v) is 6.05. The molecule has 0 bridgehead atoms. The summed E-state index contributed by atoms with van der Waals surface area (Å²) in [5.74, 6) is 3.44. The number of nitrogens with zero attached hydrogens (tertiary/aromatic N) is 1. The number of rotatable bonds is 5. The van der Waals surface area contributed by atoms with Crippen LogP contribution in [0, 0.1) is 6.92 Å². The van der Waals surface area contributed by atoms with E-state index in [1.807, 2.05) is 31.2 Å². The van der Waals surface area contributed by atoms with Crippen molar-refractivity contribution in [2.45, 2.75) is 71.0 Å². The molecule has 0 unspecified atom stereocenters. The number of benzene rings is 1. The molecule has 0 spiro atoms. The Bertz CT molecular complexity index is 827. The van der Waals surface area contributed by atoms with Crippen molar-refractivity contribution < 1.29 is 13.9 Å². The maximum Gasteiger partial charge on any atom is 0.231 e. The molecular weight excluding hydrogens is 384 g/mol. The highest BCUT2D eigenvalue weighted by atomic mass is 32.1. The van der Waals surface area contributed by atoms with Gasteiger partial charge in [0.15, 0.2) is 16.6 Å². The van der Waals surface area contributed by atoms with E-state index in [9.17, 15) is 0 Å². The van der Waals surface area contributed by atoms with Gasteiger partial charge in [-0.1, -0.05) is 38.2 Å². The van der Waals surface area contributed by atoms with E-state index >= 15 is 0 Å². The van der Waals surface area contributed by atoms with Crippen molar-refractivity contribution >= 4 is 17.3 Å². The lowest BCUT2D eigenvalue weighted by Crippen LogP contribution is -2.44. The SMILES string of the molecule is Cc1ccc(CN(Cc2ccc3c(c2)OCO3)C(=S)NC2CCCCCCC2)o1. The van der Waals surface area contributed by atoms with Gasteiger partial charge in [-0.25, -0.2) is 0 Å². The summed E-state index contributed by atoms with van der Waals surface area (Å²) in [6.45, 7) is 3.59. The summed E-state index contributed by atoms with van der Waals surface area (Å²) in [4.78, 5) is 2.18.